The van der Waals surface area contributed by atoms with Crippen molar-refractivity contribution in [1.82, 2.24) is 19.3 Å². The average Bonchev–Trinajstić information content (AvgIpc) is 2.92. The molecule has 110 valence electrons. The average molecular weight is 372 g/mol. The molecule has 21 heavy (non-hydrogen) atoms. The number of benzene rings is 1. The molecule has 1 aromatic carbocycles. The lowest BCUT2D eigenvalue weighted by Crippen LogP contribution is -2.07. The Morgan fingerprint density at radius 2 is 2.10 bits per heavy atom. The lowest BCUT2D eigenvalue weighted by atomic mass is 10.3. The highest BCUT2D eigenvalue weighted by Gasteiger charge is 2.22. The lowest BCUT2D eigenvalue weighted by molar-refractivity contribution is 0.625. The standard InChI is InChI=1S/C14H13BrClFN4/c1-7(16)13-18-12-8(2)19-20(3)14(12)21(13)11-6-9(17)4-5-10(11)15/h4-7H,1-3H3. The lowest BCUT2D eigenvalue weighted by Gasteiger charge is -2.13. The molecule has 0 spiro atoms. The van der Waals surface area contributed by atoms with Gasteiger partial charge in [0.2, 0.25) is 0 Å². The van der Waals surface area contributed by atoms with Crippen LogP contribution in [0.2, 0.25) is 0 Å². The second kappa shape index (κ2) is 5.10. The van der Waals surface area contributed by atoms with E-state index >= 15 is 0 Å². The number of nitrogens with zero attached hydrogens (tertiary/aromatic N) is 4. The molecule has 0 saturated heterocycles. The Morgan fingerprint density at radius 3 is 2.76 bits per heavy atom. The second-order valence-electron chi connectivity index (χ2n) is 4.90. The van der Waals surface area contributed by atoms with E-state index in [9.17, 15) is 4.39 Å². The minimum absolute atomic E-state index is 0.313. The van der Waals surface area contributed by atoms with E-state index in [4.69, 9.17) is 11.6 Å². The van der Waals surface area contributed by atoms with Crippen molar-refractivity contribution in [2.45, 2.75) is 19.2 Å². The van der Waals surface area contributed by atoms with Crippen molar-refractivity contribution in [3.63, 3.8) is 0 Å². The Hall–Kier alpha value is -1.40. The van der Waals surface area contributed by atoms with Crippen LogP contribution in [-0.4, -0.2) is 19.3 Å². The highest BCUT2D eigenvalue weighted by atomic mass is 79.9. The zero-order chi connectivity index (χ0) is 15.3. The number of hydrogen-bond donors (Lipinski definition) is 0. The van der Waals surface area contributed by atoms with Gasteiger partial charge in [0.05, 0.1) is 16.8 Å². The number of halogens is 3. The van der Waals surface area contributed by atoms with E-state index in [1.54, 1.807) is 10.7 Å². The van der Waals surface area contributed by atoms with Crippen LogP contribution in [0.1, 0.15) is 23.8 Å². The number of fused-ring (bicyclic) bond motifs is 1. The maximum absolute atomic E-state index is 13.7. The van der Waals surface area contributed by atoms with Crippen LogP contribution >= 0.6 is 27.5 Å². The van der Waals surface area contributed by atoms with Crippen LogP contribution in [0.25, 0.3) is 16.9 Å². The third-order valence-corrected chi connectivity index (χ3v) is 4.20. The maximum atomic E-state index is 13.7. The number of alkyl halides is 1. The second-order valence-corrected chi connectivity index (χ2v) is 6.41. The normalized spacial score (nSPS) is 13.0. The predicted molar refractivity (Wildman–Crippen MR) is 84.5 cm³/mol. The summed E-state index contributed by atoms with van der Waals surface area (Å²) in [7, 11) is 1.84. The van der Waals surface area contributed by atoms with Crippen LogP contribution in [0.4, 0.5) is 4.39 Å². The Bertz CT molecular complexity index is 837. The fourth-order valence-corrected chi connectivity index (χ4v) is 3.02. The van der Waals surface area contributed by atoms with Gasteiger partial charge in [0.1, 0.15) is 17.2 Å². The molecule has 4 nitrogen and oxygen atoms in total. The number of hydrogen-bond acceptors (Lipinski definition) is 2. The van der Waals surface area contributed by atoms with Crippen LogP contribution in [0, 0.1) is 12.7 Å². The van der Waals surface area contributed by atoms with Crippen molar-refractivity contribution in [1.29, 1.82) is 0 Å². The number of rotatable bonds is 2. The van der Waals surface area contributed by atoms with E-state index in [0.29, 0.717) is 11.5 Å². The highest BCUT2D eigenvalue weighted by molar-refractivity contribution is 9.10. The summed E-state index contributed by atoms with van der Waals surface area (Å²) in [5.74, 6) is 0.344. The van der Waals surface area contributed by atoms with Gasteiger partial charge in [-0.15, -0.1) is 11.6 Å². The Kier molecular flexibility index (Phi) is 3.53. The van der Waals surface area contributed by atoms with Gasteiger partial charge in [0.15, 0.2) is 5.65 Å². The first-order valence-electron chi connectivity index (χ1n) is 6.41. The van der Waals surface area contributed by atoms with Gasteiger partial charge in [-0.05, 0) is 48.0 Å². The molecule has 2 aromatic heterocycles. The molecule has 7 heteroatoms. The van der Waals surface area contributed by atoms with Crippen molar-refractivity contribution in [3.8, 4) is 5.69 Å². The van der Waals surface area contributed by atoms with Gasteiger partial charge in [-0.1, -0.05) is 0 Å². The monoisotopic (exact) mass is 370 g/mol. The van der Waals surface area contributed by atoms with E-state index in [1.165, 1.54) is 12.1 Å². The van der Waals surface area contributed by atoms with Gasteiger partial charge in [0.25, 0.3) is 0 Å². The molecule has 3 aromatic rings. The van der Waals surface area contributed by atoms with Gasteiger partial charge >= 0.3 is 0 Å². The molecule has 0 aliphatic carbocycles. The first-order chi connectivity index (χ1) is 9.90. The van der Waals surface area contributed by atoms with Crippen molar-refractivity contribution in [2.75, 3.05) is 0 Å². The van der Waals surface area contributed by atoms with Crippen LogP contribution in [0.3, 0.4) is 0 Å². The fraction of sp³-hybridized carbons (Fsp3) is 0.286. The number of aromatic nitrogens is 4. The van der Waals surface area contributed by atoms with Crippen LogP contribution in [-0.2, 0) is 7.05 Å². The van der Waals surface area contributed by atoms with Crippen LogP contribution < -0.4 is 0 Å². The van der Waals surface area contributed by atoms with Crippen LogP contribution in [0.15, 0.2) is 22.7 Å². The molecule has 0 fully saturated rings. The van der Waals surface area contributed by atoms with E-state index in [0.717, 1.165) is 21.3 Å². The summed E-state index contributed by atoms with van der Waals surface area (Å²) in [6.45, 7) is 3.73. The van der Waals surface area contributed by atoms with Gasteiger partial charge < -0.3 is 0 Å². The smallest absolute Gasteiger partial charge is 0.163 e. The molecule has 1 atom stereocenters. The number of imidazole rings is 1. The molecule has 0 saturated carbocycles. The third kappa shape index (κ3) is 2.26. The van der Waals surface area contributed by atoms with E-state index in [-0.39, 0.29) is 11.2 Å². The highest BCUT2D eigenvalue weighted by Crippen LogP contribution is 2.32. The van der Waals surface area contributed by atoms with E-state index in [1.807, 2.05) is 25.5 Å². The zero-order valence-electron chi connectivity index (χ0n) is 11.7. The SMILES string of the molecule is Cc1nn(C)c2c1nc(C(C)Cl)n2-c1cc(F)ccc1Br. The summed E-state index contributed by atoms with van der Waals surface area (Å²) >= 11 is 9.73. The maximum Gasteiger partial charge on any atom is 0.163 e. The molecule has 0 N–H and O–H groups in total. The molecule has 0 radical (unpaired) electrons. The first kappa shape index (κ1) is 14.5. The Labute approximate surface area is 134 Å². The molecule has 0 aliphatic heterocycles. The van der Waals surface area contributed by atoms with E-state index < -0.39 is 0 Å². The van der Waals surface area contributed by atoms with Crippen molar-refractivity contribution in [3.05, 3.63) is 40.0 Å². The minimum atomic E-state index is -0.317. The summed E-state index contributed by atoms with van der Waals surface area (Å²) in [6.07, 6.45) is 0. The summed E-state index contributed by atoms with van der Waals surface area (Å²) in [5.41, 5.74) is 3.04. The topological polar surface area (TPSA) is 35.6 Å². The Balaban J connectivity index is 2.44. The summed E-state index contributed by atoms with van der Waals surface area (Å²) in [5, 5.41) is 4.06. The van der Waals surface area contributed by atoms with Gasteiger partial charge in [-0.25, -0.2) is 14.1 Å². The summed E-state index contributed by atoms with van der Waals surface area (Å²) in [6, 6.07) is 4.53. The van der Waals surface area contributed by atoms with Gasteiger partial charge in [-0.2, -0.15) is 5.10 Å². The summed E-state index contributed by atoms with van der Waals surface area (Å²) in [4.78, 5) is 4.58. The van der Waals surface area contributed by atoms with E-state index in [2.05, 4.69) is 26.0 Å². The molecule has 1 unspecified atom stereocenters. The summed E-state index contributed by atoms with van der Waals surface area (Å²) < 4.78 is 18.0. The van der Waals surface area contributed by atoms with Crippen molar-refractivity contribution in [2.24, 2.45) is 7.05 Å². The van der Waals surface area contributed by atoms with Crippen molar-refractivity contribution >= 4 is 38.7 Å². The molecular weight excluding hydrogens is 359 g/mol. The van der Waals surface area contributed by atoms with Gasteiger partial charge in [-0.3, -0.25) is 4.57 Å². The molecule has 0 aliphatic rings. The molecule has 3 rings (SSSR count). The zero-order valence-corrected chi connectivity index (χ0v) is 14.1. The van der Waals surface area contributed by atoms with Crippen LogP contribution in [0.5, 0.6) is 0 Å². The molecular formula is C14H13BrClFN4. The molecule has 2 heterocycles. The largest absolute Gasteiger partial charge is 0.278 e. The number of aryl methyl sites for hydroxylation is 2. The predicted octanol–water partition coefficient (Wildman–Crippen LogP) is 4.27. The fourth-order valence-electron chi connectivity index (χ4n) is 2.45. The molecule has 0 amide bonds. The van der Waals surface area contributed by atoms with Gasteiger partial charge in [0, 0.05) is 11.5 Å². The van der Waals surface area contributed by atoms with Crippen molar-refractivity contribution < 1.29 is 4.39 Å². The first-order valence-corrected chi connectivity index (χ1v) is 7.64. The Morgan fingerprint density at radius 1 is 1.38 bits per heavy atom. The molecule has 0 bridgehead atoms. The third-order valence-electron chi connectivity index (χ3n) is 3.33. The minimum Gasteiger partial charge on any atom is -0.278 e. The quantitative estimate of drug-likeness (QED) is 0.631.